The second-order valence-electron chi connectivity index (χ2n) is 7.93. The van der Waals surface area contributed by atoms with Crippen molar-refractivity contribution in [2.45, 2.75) is 45.4 Å². The number of carboxylic acids is 2. The highest BCUT2D eigenvalue weighted by atomic mass is 35.5. The fourth-order valence-electron chi connectivity index (χ4n) is 3.23. The molecule has 0 spiro atoms. The van der Waals surface area contributed by atoms with Crippen LogP contribution in [0.4, 0.5) is 0 Å². The van der Waals surface area contributed by atoms with Gasteiger partial charge in [0.15, 0.2) is 0 Å². The summed E-state index contributed by atoms with van der Waals surface area (Å²) in [5.41, 5.74) is 2.10. The van der Waals surface area contributed by atoms with Crippen molar-refractivity contribution in [3.8, 4) is 34.7 Å². The lowest BCUT2D eigenvalue weighted by Crippen LogP contribution is -2.36. The van der Waals surface area contributed by atoms with Crippen LogP contribution in [0, 0.1) is 11.3 Å². The van der Waals surface area contributed by atoms with Crippen LogP contribution in [0.25, 0.3) is 22.8 Å². The molecule has 0 radical (unpaired) electrons. The number of carbonyl (C=O) groups is 2. The average Bonchev–Trinajstić information content (AvgIpc) is 3.28. The minimum atomic E-state index is -1.13. The van der Waals surface area contributed by atoms with Crippen molar-refractivity contribution < 1.29 is 29.1 Å². The monoisotopic (exact) mass is 498 g/mol. The van der Waals surface area contributed by atoms with E-state index in [-0.39, 0.29) is 37.2 Å². The van der Waals surface area contributed by atoms with Crippen LogP contribution in [0.2, 0.25) is 5.02 Å². The average molecular weight is 499 g/mol. The van der Waals surface area contributed by atoms with Gasteiger partial charge in [-0.1, -0.05) is 22.8 Å². The molecule has 0 aliphatic heterocycles. The molecule has 1 heterocycles. The third-order valence-corrected chi connectivity index (χ3v) is 5.22. The first kappa shape index (κ1) is 25.7. The number of rotatable bonds is 11. The normalized spacial score (nSPS) is 11.7. The summed E-state index contributed by atoms with van der Waals surface area (Å²) >= 11 is 6.41. The third kappa shape index (κ3) is 6.79. The fourth-order valence-corrected chi connectivity index (χ4v) is 3.52. The summed E-state index contributed by atoms with van der Waals surface area (Å²) in [5, 5.41) is 34.6. The number of nitrogens with zero attached hydrogens (tertiary/aromatic N) is 3. The van der Waals surface area contributed by atoms with Crippen molar-refractivity contribution >= 4 is 23.5 Å². The van der Waals surface area contributed by atoms with Crippen molar-refractivity contribution in [3.63, 3.8) is 0 Å². The van der Waals surface area contributed by atoms with Gasteiger partial charge in [-0.2, -0.15) is 10.2 Å². The Kier molecular flexibility index (Phi) is 8.41. The molecule has 0 saturated heterocycles. The topological polar surface area (TPSA) is 159 Å². The Labute approximate surface area is 206 Å². The van der Waals surface area contributed by atoms with E-state index in [2.05, 4.69) is 21.5 Å². The molecule has 11 heteroatoms. The van der Waals surface area contributed by atoms with E-state index in [0.717, 1.165) is 0 Å². The molecule has 0 bridgehead atoms. The molecular formula is C24H23ClN4O6. The number of nitrogens with one attached hydrogen (secondary N) is 1. The lowest BCUT2D eigenvalue weighted by atomic mass is 10.1. The Hall–Kier alpha value is -3.94. The number of aromatic nitrogens is 2. The molecule has 0 fully saturated rings. The first-order valence-electron chi connectivity index (χ1n) is 10.7. The van der Waals surface area contributed by atoms with Crippen LogP contribution >= 0.6 is 11.6 Å². The summed E-state index contributed by atoms with van der Waals surface area (Å²) in [6.07, 6.45) is -0.379. The summed E-state index contributed by atoms with van der Waals surface area (Å²) < 4.78 is 11.0. The second-order valence-corrected chi connectivity index (χ2v) is 8.34. The molecule has 10 nitrogen and oxygen atoms in total. The molecule has 3 N–H and O–H groups in total. The van der Waals surface area contributed by atoms with Crippen molar-refractivity contribution in [1.29, 1.82) is 5.26 Å². The van der Waals surface area contributed by atoms with Crippen LogP contribution in [0.1, 0.15) is 37.8 Å². The fraction of sp³-hybridized carbons (Fsp3) is 0.292. The van der Waals surface area contributed by atoms with Crippen LogP contribution in [-0.4, -0.2) is 44.4 Å². The minimum absolute atomic E-state index is 0.0415. The van der Waals surface area contributed by atoms with Gasteiger partial charge in [-0.3, -0.25) is 9.59 Å². The number of ether oxygens (including phenoxy) is 1. The largest absolute Gasteiger partial charge is 0.490 e. The molecule has 0 saturated carbocycles. The Morgan fingerprint density at radius 2 is 2.00 bits per heavy atom. The highest BCUT2D eigenvalue weighted by Crippen LogP contribution is 2.30. The molecule has 0 amide bonds. The van der Waals surface area contributed by atoms with Crippen molar-refractivity contribution in [1.82, 2.24) is 15.5 Å². The van der Waals surface area contributed by atoms with Gasteiger partial charge in [-0.25, -0.2) is 0 Å². The first-order chi connectivity index (χ1) is 16.7. The number of aliphatic carboxylic acids is 2. The van der Waals surface area contributed by atoms with E-state index in [4.69, 9.17) is 26.0 Å². The van der Waals surface area contributed by atoms with Gasteiger partial charge >= 0.3 is 11.9 Å². The highest BCUT2D eigenvalue weighted by Gasteiger charge is 2.19. The number of nitriles is 1. The summed E-state index contributed by atoms with van der Waals surface area (Å²) in [5.74, 6) is -1.27. The Morgan fingerprint density at radius 3 is 2.63 bits per heavy atom. The highest BCUT2D eigenvalue weighted by molar-refractivity contribution is 6.33. The number of carboxylic acid groups (broad SMARTS) is 2. The van der Waals surface area contributed by atoms with Crippen LogP contribution in [-0.2, 0) is 16.1 Å². The maximum Gasteiger partial charge on any atom is 0.320 e. The second kappa shape index (κ2) is 11.5. The van der Waals surface area contributed by atoms with E-state index in [9.17, 15) is 20.0 Å². The zero-order valence-corrected chi connectivity index (χ0v) is 19.7. The standard InChI is InChI=1S/C24H23ClN4O6/c1-13(2)34-20-7-4-15(10-16(20)11-26)23-28-22(29-35-23)17-5-3-14(9-18(17)25)12-27-19(24(32)33)6-8-21(30)31/h3-5,7,9-10,13,19,27H,6,8,12H2,1-2H3,(H,30,31)(H,32,33)/t19-/m0/s1. The van der Waals surface area contributed by atoms with Gasteiger partial charge < -0.3 is 24.8 Å². The van der Waals surface area contributed by atoms with Crippen molar-refractivity contribution in [2.75, 3.05) is 0 Å². The maximum atomic E-state index is 11.3. The predicted molar refractivity (Wildman–Crippen MR) is 126 cm³/mol. The van der Waals surface area contributed by atoms with Gasteiger partial charge in [0.05, 0.1) is 16.7 Å². The first-order valence-corrected chi connectivity index (χ1v) is 11.1. The van der Waals surface area contributed by atoms with Gasteiger partial charge in [-0.05, 0) is 56.2 Å². The summed E-state index contributed by atoms with van der Waals surface area (Å²) in [6.45, 7) is 3.92. The molecule has 0 unspecified atom stereocenters. The van der Waals surface area contributed by atoms with E-state index in [1.165, 1.54) is 0 Å². The van der Waals surface area contributed by atoms with Crippen LogP contribution in [0.5, 0.6) is 5.75 Å². The maximum absolute atomic E-state index is 11.3. The van der Waals surface area contributed by atoms with Gasteiger partial charge in [0.2, 0.25) is 5.82 Å². The molecule has 3 aromatic rings. The summed E-state index contributed by atoms with van der Waals surface area (Å²) in [7, 11) is 0. The van der Waals surface area contributed by atoms with E-state index in [1.807, 2.05) is 13.8 Å². The Balaban J connectivity index is 1.74. The molecule has 2 aromatic carbocycles. The van der Waals surface area contributed by atoms with Gasteiger partial charge in [-0.15, -0.1) is 0 Å². The van der Waals surface area contributed by atoms with Crippen molar-refractivity contribution in [2.24, 2.45) is 0 Å². The Morgan fingerprint density at radius 1 is 1.23 bits per heavy atom. The van der Waals surface area contributed by atoms with Gasteiger partial charge in [0.1, 0.15) is 17.9 Å². The zero-order valence-electron chi connectivity index (χ0n) is 19.0. The van der Waals surface area contributed by atoms with Gasteiger partial charge in [0, 0.05) is 24.1 Å². The van der Waals surface area contributed by atoms with E-state index >= 15 is 0 Å². The molecular weight excluding hydrogens is 476 g/mol. The minimum Gasteiger partial charge on any atom is -0.490 e. The van der Waals surface area contributed by atoms with E-state index in [1.54, 1.807) is 36.4 Å². The smallest absolute Gasteiger partial charge is 0.320 e. The third-order valence-electron chi connectivity index (χ3n) is 4.91. The molecule has 3 rings (SSSR count). The molecule has 0 aliphatic carbocycles. The summed E-state index contributed by atoms with van der Waals surface area (Å²) in [6, 6.07) is 11.1. The van der Waals surface area contributed by atoms with Gasteiger partial charge in [0.25, 0.3) is 5.89 Å². The van der Waals surface area contributed by atoms with Crippen LogP contribution in [0.15, 0.2) is 40.9 Å². The number of hydrogen-bond donors (Lipinski definition) is 3. The lowest BCUT2D eigenvalue weighted by molar-refractivity contribution is -0.140. The van der Waals surface area contributed by atoms with Crippen molar-refractivity contribution in [3.05, 3.63) is 52.5 Å². The molecule has 1 atom stereocenters. The quantitative estimate of drug-likeness (QED) is 0.351. The zero-order chi connectivity index (χ0) is 25.5. The van der Waals surface area contributed by atoms with E-state index in [0.29, 0.717) is 33.0 Å². The summed E-state index contributed by atoms with van der Waals surface area (Å²) in [4.78, 5) is 26.4. The molecule has 1 aromatic heterocycles. The van der Waals surface area contributed by atoms with E-state index < -0.39 is 18.0 Å². The van der Waals surface area contributed by atoms with Crippen LogP contribution < -0.4 is 10.1 Å². The predicted octanol–water partition coefficient (Wildman–Crippen LogP) is 4.12. The molecule has 35 heavy (non-hydrogen) atoms. The SMILES string of the molecule is CC(C)Oc1ccc(-c2nc(-c3ccc(CN[C@@H](CCC(=O)O)C(=O)O)cc3Cl)no2)cc1C#N. The lowest BCUT2D eigenvalue weighted by Gasteiger charge is -2.14. The number of halogens is 1. The molecule has 0 aliphatic rings. The van der Waals surface area contributed by atoms with Crippen LogP contribution in [0.3, 0.4) is 0 Å². The number of benzene rings is 2. The molecule has 182 valence electrons. The number of hydrogen-bond acceptors (Lipinski definition) is 8. The Bertz CT molecular complexity index is 1270.